The van der Waals surface area contributed by atoms with E-state index in [1.165, 1.54) is 4.90 Å². The molecule has 15 nitrogen and oxygen atoms in total. The molecule has 226 valence electrons. The number of piperazine rings is 1. The minimum absolute atomic E-state index is 0.0830. The first-order valence-corrected chi connectivity index (χ1v) is 14.7. The Balaban J connectivity index is 1.45. The summed E-state index contributed by atoms with van der Waals surface area (Å²) in [5.74, 6) is -0.404. The first kappa shape index (κ1) is 30.1. The number of likely N-dealkylation sites (tertiary alicyclic amines) is 1. The van der Waals surface area contributed by atoms with Crippen LogP contribution in [0.25, 0.3) is 0 Å². The maximum Gasteiger partial charge on any atom is 0.418 e. The van der Waals surface area contributed by atoms with Crippen molar-refractivity contribution in [2.45, 2.75) is 109 Å². The molecular weight excluding hydrogens is 550 g/mol. The van der Waals surface area contributed by atoms with Gasteiger partial charge < -0.3 is 24.6 Å². The fourth-order valence-electron chi connectivity index (χ4n) is 5.79. The molecule has 0 saturated carbocycles. The summed E-state index contributed by atoms with van der Waals surface area (Å²) in [5, 5.41) is 3.60. The summed E-state index contributed by atoms with van der Waals surface area (Å²) < 4.78 is 46.9. The topological polar surface area (TPSA) is 175 Å². The van der Waals surface area contributed by atoms with Crippen LogP contribution in [0.1, 0.15) is 67.2 Å². The van der Waals surface area contributed by atoms with Gasteiger partial charge in [-0.05, 0) is 67.2 Å². The molecule has 0 aliphatic carbocycles. The first-order valence-electron chi connectivity index (χ1n) is 13.4. The van der Waals surface area contributed by atoms with Gasteiger partial charge in [-0.15, -0.1) is 4.28 Å². The zero-order valence-electron chi connectivity index (χ0n) is 23.7. The molecule has 5 amide bonds. The summed E-state index contributed by atoms with van der Waals surface area (Å²) in [7, 11) is -4.89. The average molecular weight is 590 g/mol. The molecule has 0 aromatic carbocycles. The lowest BCUT2D eigenvalue weighted by molar-refractivity contribution is -0.127. The number of carbonyl (C=O) groups is 4. The summed E-state index contributed by atoms with van der Waals surface area (Å²) >= 11 is 0. The van der Waals surface area contributed by atoms with Gasteiger partial charge in [0.15, 0.2) is 0 Å². The first-order chi connectivity index (χ1) is 18.3. The zero-order valence-corrected chi connectivity index (χ0v) is 24.5. The molecule has 16 heteroatoms. The summed E-state index contributed by atoms with van der Waals surface area (Å²) in [6, 6.07) is -3.49. The third kappa shape index (κ3) is 6.89. The maximum absolute atomic E-state index is 13.3. The molecule has 0 aromatic heterocycles. The number of ether oxygens (including phenoxy) is 2. The van der Waals surface area contributed by atoms with E-state index in [-0.39, 0.29) is 32.1 Å². The van der Waals surface area contributed by atoms with Crippen LogP contribution in [0.2, 0.25) is 0 Å². The summed E-state index contributed by atoms with van der Waals surface area (Å²) in [5.41, 5.74) is -1.39. The lowest BCUT2D eigenvalue weighted by Crippen LogP contribution is -2.68. The lowest BCUT2D eigenvalue weighted by atomic mass is 9.87. The molecule has 40 heavy (non-hydrogen) atoms. The van der Waals surface area contributed by atoms with E-state index >= 15 is 0 Å². The molecular formula is C24H39N5O10S. The number of piperidine rings is 2. The zero-order chi connectivity index (χ0) is 29.8. The third-order valence-electron chi connectivity index (χ3n) is 7.16. The van der Waals surface area contributed by atoms with Crippen molar-refractivity contribution >= 4 is 34.5 Å². The number of hydroxylamine groups is 2. The number of urea groups is 1. The van der Waals surface area contributed by atoms with Gasteiger partial charge in [-0.25, -0.2) is 14.4 Å². The smallest absolute Gasteiger partial charge is 0.418 e. The number of rotatable bonds is 4. The Bertz CT molecular complexity index is 1130. The fourth-order valence-corrected chi connectivity index (χ4v) is 6.18. The molecule has 4 rings (SSSR count). The predicted octanol–water partition coefficient (Wildman–Crippen LogP) is 1.49. The van der Waals surface area contributed by atoms with Crippen molar-refractivity contribution in [3.05, 3.63) is 0 Å². The van der Waals surface area contributed by atoms with Crippen LogP contribution in [-0.2, 0) is 29.0 Å². The Labute approximate surface area is 233 Å². The molecule has 4 aliphatic rings. The van der Waals surface area contributed by atoms with Crippen molar-refractivity contribution in [1.29, 1.82) is 0 Å². The van der Waals surface area contributed by atoms with E-state index in [0.29, 0.717) is 24.3 Å². The van der Waals surface area contributed by atoms with Gasteiger partial charge in [0.25, 0.3) is 0 Å². The number of amides is 5. The second-order valence-electron chi connectivity index (χ2n) is 12.8. The molecule has 0 spiro atoms. The van der Waals surface area contributed by atoms with Crippen molar-refractivity contribution in [2.24, 2.45) is 0 Å². The van der Waals surface area contributed by atoms with Gasteiger partial charge >= 0.3 is 28.6 Å². The summed E-state index contributed by atoms with van der Waals surface area (Å²) in [6.45, 7) is 11.1. The Morgan fingerprint density at radius 1 is 0.875 bits per heavy atom. The van der Waals surface area contributed by atoms with Gasteiger partial charge in [0.1, 0.15) is 17.2 Å². The highest BCUT2D eigenvalue weighted by Crippen LogP contribution is 2.34. The van der Waals surface area contributed by atoms with Crippen LogP contribution < -0.4 is 5.32 Å². The van der Waals surface area contributed by atoms with E-state index in [0.717, 1.165) is 0 Å². The summed E-state index contributed by atoms with van der Waals surface area (Å²) in [6.07, 6.45) is 0.322. The van der Waals surface area contributed by atoms with Crippen LogP contribution in [0.5, 0.6) is 0 Å². The van der Waals surface area contributed by atoms with E-state index in [4.69, 9.17) is 14.0 Å². The van der Waals surface area contributed by atoms with Gasteiger partial charge in [0.2, 0.25) is 5.91 Å². The molecule has 2 unspecified atom stereocenters. The van der Waals surface area contributed by atoms with Gasteiger partial charge in [0, 0.05) is 25.7 Å². The average Bonchev–Trinajstić information content (AvgIpc) is 2.99. The van der Waals surface area contributed by atoms with Crippen LogP contribution in [0.15, 0.2) is 0 Å². The maximum atomic E-state index is 13.3. The number of carbonyl (C=O) groups excluding carboxylic acids is 4. The lowest BCUT2D eigenvalue weighted by Gasteiger charge is -2.51. The summed E-state index contributed by atoms with van der Waals surface area (Å²) in [4.78, 5) is 56.5. The van der Waals surface area contributed by atoms with Crippen LogP contribution in [0.3, 0.4) is 0 Å². The number of nitrogens with one attached hydrogen (secondary N) is 1. The second kappa shape index (κ2) is 10.5. The molecule has 0 aromatic rings. The van der Waals surface area contributed by atoms with E-state index in [1.807, 2.05) is 0 Å². The van der Waals surface area contributed by atoms with Crippen molar-refractivity contribution in [2.75, 3.05) is 19.6 Å². The minimum atomic E-state index is -4.89. The standard InChI is InChI=1S/C24H39N5O10S/c1-23(2,3)37-21(32)26-11-16-9-14(10-17(12-26)28(16)22(33)38-24(4,5)6)25-19(30)18-8-7-15-13-27(18)20(31)29(15)39-40(34,35)36/h14-18H,7-13H2,1-6H3,(H,25,30)(H,34,35,36)/t14?,15-,16?,17?,18+/m1/s1. The monoisotopic (exact) mass is 589 g/mol. The molecule has 0 radical (unpaired) electrons. The van der Waals surface area contributed by atoms with E-state index in [1.54, 1.807) is 51.3 Å². The third-order valence-corrected chi connectivity index (χ3v) is 7.51. The second-order valence-corrected chi connectivity index (χ2v) is 13.8. The van der Waals surface area contributed by atoms with Crippen LogP contribution in [0.4, 0.5) is 14.4 Å². The van der Waals surface area contributed by atoms with Gasteiger partial charge in [-0.2, -0.15) is 13.5 Å². The number of nitrogens with zero attached hydrogens (tertiary/aromatic N) is 4. The predicted molar refractivity (Wildman–Crippen MR) is 138 cm³/mol. The van der Waals surface area contributed by atoms with Gasteiger partial charge in [0.05, 0.1) is 18.1 Å². The SMILES string of the molecule is CC(C)(C)OC(=O)N1CC2CC(NC(=O)[C@@H]3CC[C@@H]4CN3C(=O)N4OS(=O)(=O)O)CC(C1)N2C(=O)OC(C)(C)C. The highest BCUT2D eigenvalue weighted by molar-refractivity contribution is 7.80. The Morgan fingerprint density at radius 2 is 1.43 bits per heavy atom. The molecule has 2 N–H and O–H groups in total. The highest BCUT2D eigenvalue weighted by atomic mass is 32.3. The minimum Gasteiger partial charge on any atom is -0.444 e. The fraction of sp³-hybridized carbons (Fsp3) is 0.833. The molecule has 4 bridgehead atoms. The van der Waals surface area contributed by atoms with Crippen molar-refractivity contribution in [3.63, 3.8) is 0 Å². The Kier molecular flexibility index (Phi) is 7.92. The van der Waals surface area contributed by atoms with Crippen LogP contribution >= 0.6 is 0 Å². The number of hydrogen-bond donors (Lipinski definition) is 2. The molecule has 4 aliphatic heterocycles. The molecule has 4 heterocycles. The van der Waals surface area contributed by atoms with Crippen molar-refractivity contribution < 1.29 is 45.9 Å². The Morgan fingerprint density at radius 3 is 1.95 bits per heavy atom. The normalized spacial score (nSPS) is 28.9. The Hall–Kier alpha value is -2.85. The quantitative estimate of drug-likeness (QED) is 0.457. The van der Waals surface area contributed by atoms with E-state index in [2.05, 4.69) is 9.60 Å². The number of fused-ring (bicyclic) bond motifs is 4. The molecule has 4 fully saturated rings. The van der Waals surface area contributed by atoms with Crippen molar-refractivity contribution in [1.82, 2.24) is 25.1 Å². The van der Waals surface area contributed by atoms with Crippen LogP contribution in [0, 0.1) is 0 Å². The number of hydrogen-bond acceptors (Lipinski definition) is 9. The molecule has 4 saturated heterocycles. The molecule has 4 atom stereocenters. The van der Waals surface area contributed by atoms with Crippen molar-refractivity contribution in [3.8, 4) is 0 Å². The highest BCUT2D eigenvalue weighted by Gasteiger charge is 2.51. The van der Waals surface area contributed by atoms with Gasteiger partial charge in [-0.1, -0.05) is 0 Å². The van der Waals surface area contributed by atoms with E-state index in [9.17, 15) is 27.6 Å². The van der Waals surface area contributed by atoms with Gasteiger partial charge in [-0.3, -0.25) is 14.2 Å². The largest absolute Gasteiger partial charge is 0.444 e. The van der Waals surface area contributed by atoms with E-state index < -0.39 is 69.9 Å². The van der Waals surface area contributed by atoms with Crippen LogP contribution in [-0.4, -0.2) is 118 Å².